The molecule has 0 amide bonds. The molecule has 2 nitrogen and oxygen atoms in total. The van der Waals surface area contributed by atoms with Gasteiger partial charge < -0.3 is 4.42 Å². The summed E-state index contributed by atoms with van der Waals surface area (Å²) < 4.78 is 5.61. The van der Waals surface area contributed by atoms with Crippen LogP contribution in [0.2, 0.25) is 0 Å². The highest BCUT2D eigenvalue weighted by atomic mass is 16.4. The van der Waals surface area contributed by atoms with Crippen LogP contribution in [0.15, 0.2) is 88.1 Å². The van der Waals surface area contributed by atoms with Crippen molar-refractivity contribution in [1.82, 2.24) is 0 Å². The first kappa shape index (κ1) is 14.5. The lowest BCUT2D eigenvalue weighted by Gasteiger charge is -2.12. The summed E-state index contributed by atoms with van der Waals surface area (Å²) in [6.45, 7) is 2.04. The summed E-state index contributed by atoms with van der Waals surface area (Å²) in [7, 11) is 0. The number of rotatable bonds is 2. The van der Waals surface area contributed by atoms with E-state index in [-0.39, 0.29) is 5.63 Å². The molecule has 3 aromatic carbocycles. The molecule has 0 spiro atoms. The number of benzene rings is 3. The van der Waals surface area contributed by atoms with Crippen molar-refractivity contribution >= 4 is 11.0 Å². The van der Waals surface area contributed by atoms with Crippen LogP contribution in [-0.2, 0) is 0 Å². The summed E-state index contributed by atoms with van der Waals surface area (Å²) in [4.78, 5) is 12.7. The molecule has 24 heavy (non-hydrogen) atoms. The van der Waals surface area contributed by atoms with Gasteiger partial charge in [-0.15, -0.1) is 0 Å². The van der Waals surface area contributed by atoms with Crippen molar-refractivity contribution in [3.63, 3.8) is 0 Å². The highest BCUT2D eigenvalue weighted by Gasteiger charge is 2.17. The molecule has 116 valence electrons. The van der Waals surface area contributed by atoms with E-state index in [0.717, 1.165) is 27.6 Å². The molecule has 4 rings (SSSR count). The molecule has 1 heterocycles. The van der Waals surface area contributed by atoms with Crippen molar-refractivity contribution in [2.45, 2.75) is 6.92 Å². The lowest BCUT2D eigenvalue weighted by molar-refractivity contribution is 0.564. The van der Waals surface area contributed by atoms with Crippen molar-refractivity contribution in [3.05, 3.63) is 94.8 Å². The quantitative estimate of drug-likeness (QED) is 0.462. The first-order chi connectivity index (χ1) is 11.7. The topological polar surface area (TPSA) is 30.2 Å². The zero-order valence-corrected chi connectivity index (χ0v) is 13.3. The Balaban J connectivity index is 2.19. The summed E-state index contributed by atoms with van der Waals surface area (Å²) in [6.07, 6.45) is 0. The van der Waals surface area contributed by atoms with E-state index in [2.05, 4.69) is 6.07 Å². The lowest BCUT2D eigenvalue weighted by Crippen LogP contribution is -2.06. The second-order valence-electron chi connectivity index (χ2n) is 5.87. The van der Waals surface area contributed by atoms with Crippen LogP contribution in [0.25, 0.3) is 33.2 Å². The third-order valence-corrected chi connectivity index (χ3v) is 4.19. The molecule has 1 aromatic heterocycles. The third kappa shape index (κ3) is 2.42. The highest BCUT2D eigenvalue weighted by Crippen LogP contribution is 2.36. The van der Waals surface area contributed by atoms with Crippen LogP contribution in [0.4, 0.5) is 0 Å². The normalized spacial score (nSPS) is 10.9. The SMILES string of the molecule is Cc1ccc2oc(=O)c(-c3ccccc3)c(-c3ccccc3)c2c1. The molecule has 2 heteroatoms. The van der Waals surface area contributed by atoms with Crippen molar-refractivity contribution in [2.75, 3.05) is 0 Å². The predicted molar refractivity (Wildman–Crippen MR) is 98.1 cm³/mol. The molecule has 4 aromatic rings. The van der Waals surface area contributed by atoms with E-state index in [1.165, 1.54) is 0 Å². The molecule has 0 atom stereocenters. The van der Waals surface area contributed by atoms with E-state index in [1.807, 2.05) is 79.7 Å². The van der Waals surface area contributed by atoms with Gasteiger partial charge >= 0.3 is 5.63 Å². The number of hydrogen-bond donors (Lipinski definition) is 0. The molecule has 0 aliphatic carbocycles. The molecule has 0 radical (unpaired) electrons. The van der Waals surface area contributed by atoms with E-state index in [0.29, 0.717) is 11.1 Å². The minimum absolute atomic E-state index is 0.309. The van der Waals surface area contributed by atoms with Gasteiger partial charge in [0.1, 0.15) is 5.58 Å². The maximum absolute atomic E-state index is 12.7. The maximum atomic E-state index is 12.7. The first-order valence-corrected chi connectivity index (χ1v) is 7.92. The van der Waals surface area contributed by atoms with Crippen molar-refractivity contribution < 1.29 is 4.42 Å². The average Bonchev–Trinajstić information content (AvgIpc) is 2.62. The monoisotopic (exact) mass is 312 g/mol. The van der Waals surface area contributed by atoms with E-state index in [9.17, 15) is 4.79 Å². The van der Waals surface area contributed by atoms with Crippen molar-refractivity contribution in [2.24, 2.45) is 0 Å². The van der Waals surface area contributed by atoms with Gasteiger partial charge in [-0.2, -0.15) is 0 Å². The Bertz CT molecular complexity index is 1060. The maximum Gasteiger partial charge on any atom is 0.344 e. The average molecular weight is 312 g/mol. The number of hydrogen-bond acceptors (Lipinski definition) is 2. The fraction of sp³-hybridized carbons (Fsp3) is 0.0455. The van der Waals surface area contributed by atoms with Crippen LogP contribution in [0, 0.1) is 6.92 Å². The molecule has 0 bridgehead atoms. The summed E-state index contributed by atoms with van der Waals surface area (Å²) in [5.74, 6) is 0. The van der Waals surface area contributed by atoms with Gasteiger partial charge in [0.25, 0.3) is 0 Å². The van der Waals surface area contributed by atoms with E-state index in [4.69, 9.17) is 4.42 Å². The number of fused-ring (bicyclic) bond motifs is 1. The molecular weight excluding hydrogens is 296 g/mol. The Morgan fingerprint density at radius 2 is 1.29 bits per heavy atom. The smallest absolute Gasteiger partial charge is 0.344 e. The molecule has 0 aliphatic rings. The molecular formula is C22H16O2. The lowest BCUT2D eigenvalue weighted by atomic mass is 9.92. The second-order valence-corrected chi connectivity index (χ2v) is 5.87. The molecule has 0 saturated carbocycles. The van der Waals surface area contributed by atoms with Gasteiger partial charge in [-0.3, -0.25) is 0 Å². The van der Waals surface area contributed by atoms with Gasteiger partial charge in [-0.05, 0) is 30.2 Å². The summed E-state index contributed by atoms with van der Waals surface area (Å²) >= 11 is 0. The van der Waals surface area contributed by atoms with Crippen molar-refractivity contribution in [3.8, 4) is 22.3 Å². The Hall–Kier alpha value is -3.13. The summed E-state index contributed by atoms with van der Waals surface area (Å²) in [5, 5.41) is 0.958. The van der Waals surface area contributed by atoms with Gasteiger partial charge in [-0.1, -0.05) is 72.3 Å². The minimum Gasteiger partial charge on any atom is -0.422 e. The van der Waals surface area contributed by atoms with Crippen LogP contribution < -0.4 is 5.63 Å². The zero-order chi connectivity index (χ0) is 16.5. The Morgan fingerprint density at radius 3 is 1.92 bits per heavy atom. The van der Waals surface area contributed by atoms with Crippen LogP contribution in [-0.4, -0.2) is 0 Å². The Morgan fingerprint density at radius 1 is 0.708 bits per heavy atom. The van der Waals surface area contributed by atoms with Gasteiger partial charge in [0.05, 0.1) is 5.56 Å². The minimum atomic E-state index is -0.309. The van der Waals surface area contributed by atoms with Gasteiger partial charge in [0.2, 0.25) is 0 Å². The fourth-order valence-electron chi connectivity index (χ4n) is 3.09. The van der Waals surface area contributed by atoms with Crippen LogP contribution >= 0.6 is 0 Å². The highest BCUT2D eigenvalue weighted by molar-refractivity contribution is 6.01. The van der Waals surface area contributed by atoms with Crippen LogP contribution in [0.5, 0.6) is 0 Å². The second kappa shape index (κ2) is 5.82. The van der Waals surface area contributed by atoms with Gasteiger partial charge in [0, 0.05) is 10.9 Å². The Kier molecular flexibility index (Phi) is 3.51. The molecule has 0 aliphatic heterocycles. The molecule has 0 N–H and O–H groups in total. The van der Waals surface area contributed by atoms with E-state index < -0.39 is 0 Å². The number of aryl methyl sites for hydroxylation is 1. The predicted octanol–water partition coefficient (Wildman–Crippen LogP) is 5.44. The fourth-order valence-corrected chi connectivity index (χ4v) is 3.09. The van der Waals surface area contributed by atoms with Gasteiger partial charge in [-0.25, -0.2) is 4.79 Å². The zero-order valence-electron chi connectivity index (χ0n) is 13.3. The first-order valence-electron chi connectivity index (χ1n) is 7.92. The summed E-state index contributed by atoms with van der Waals surface area (Å²) in [5.41, 5.74) is 4.86. The Labute approximate surface area is 140 Å². The van der Waals surface area contributed by atoms with Crippen molar-refractivity contribution in [1.29, 1.82) is 0 Å². The van der Waals surface area contributed by atoms with E-state index >= 15 is 0 Å². The standard InChI is InChI=1S/C22H16O2/c1-15-12-13-19-18(14-15)20(16-8-4-2-5-9-16)21(22(23)24-19)17-10-6-3-7-11-17/h2-14H,1H3. The molecule has 0 fully saturated rings. The van der Waals surface area contributed by atoms with Crippen LogP contribution in [0.3, 0.4) is 0 Å². The van der Waals surface area contributed by atoms with Crippen LogP contribution in [0.1, 0.15) is 5.56 Å². The van der Waals surface area contributed by atoms with Gasteiger partial charge in [0.15, 0.2) is 0 Å². The molecule has 0 saturated heterocycles. The summed E-state index contributed by atoms with van der Waals surface area (Å²) in [6, 6.07) is 25.6. The van der Waals surface area contributed by atoms with E-state index in [1.54, 1.807) is 0 Å². The molecule has 0 unspecified atom stereocenters. The third-order valence-electron chi connectivity index (χ3n) is 4.19. The largest absolute Gasteiger partial charge is 0.422 e.